The number of ether oxygens (including phenoxy) is 1. The van der Waals surface area contributed by atoms with Gasteiger partial charge in [0.2, 0.25) is 0 Å². The monoisotopic (exact) mass is 359 g/mol. The highest BCUT2D eigenvalue weighted by Crippen LogP contribution is 2.31. The molecule has 0 aromatic heterocycles. The van der Waals surface area contributed by atoms with Crippen molar-refractivity contribution in [2.75, 3.05) is 5.73 Å². The normalized spacial score (nSPS) is 10.3. The predicted octanol–water partition coefficient (Wildman–Crippen LogP) is 4.63. The van der Waals surface area contributed by atoms with Gasteiger partial charge in [-0.05, 0) is 71.5 Å². The van der Waals surface area contributed by atoms with Crippen LogP contribution in [0.15, 0.2) is 36.4 Å². The second-order valence-electron chi connectivity index (χ2n) is 3.69. The molecule has 2 nitrogen and oxygen atoms in total. The second-order valence-corrected chi connectivity index (χ2v) is 5.38. The zero-order valence-electron chi connectivity index (χ0n) is 9.21. The van der Waals surface area contributed by atoms with Gasteiger partial charge < -0.3 is 10.5 Å². The minimum Gasteiger partial charge on any atom is -0.455 e. The van der Waals surface area contributed by atoms with Crippen molar-refractivity contribution in [3.63, 3.8) is 0 Å². The van der Waals surface area contributed by atoms with Crippen LogP contribution in [0, 0.1) is 10.5 Å². The number of hydrogen-bond acceptors (Lipinski definition) is 2. The summed E-state index contributed by atoms with van der Waals surface area (Å²) in [7, 11) is 0. The van der Waals surface area contributed by atoms with Crippen LogP contribution in [0.3, 0.4) is 0 Å². The number of rotatable bonds is 2. The lowest BCUT2D eigenvalue weighted by atomic mass is 10.2. The van der Waals surface area contributed by atoms with Crippen molar-refractivity contribution in [3.8, 4) is 11.5 Å². The first kappa shape index (κ1) is 12.5. The first-order valence-corrected chi connectivity index (χ1v) is 6.51. The van der Waals surface area contributed by atoms with Crippen LogP contribution in [0.25, 0.3) is 0 Å². The van der Waals surface area contributed by atoms with Crippen LogP contribution in [0.1, 0.15) is 5.56 Å². The van der Waals surface area contributed by atoms with E-state index in [1.165, 1.54) is 0 Å². The van der Waals surface area contributed by atoms with Crippen LogP contribution in [0.5, 0.6) is 11.5 Å². The van der Waals surface area contributed by atoms with Gasteiger partial charge in [-0.1, -0.05) is 11.6 Å². The molecule has 17 heavy (non-hydrogen) atoms. The molecular weight excluding hydrogens is 349 g/mol. The van der Waals surface area contributed by atoms with Gasteiger partial charge in [0.25, 0.3) is 0 Å². The van der Waals surface area contributed by atoms with Gasteiger partial charge in [0.05, 0.1) is 5.69 Å². The zero-order chi connectivity index (χ0) is 12.4. The van der Waals surface area contributed by atoms with E-state index in [1.54, 1.807) is 6.07 Å². The maximum absolute atomic E-state index is 5.89. The van der Waals surface area contributed by atoms with E-state index in [4.69, 9.17) is 22.1 Å². The van der Waals surface area contributed by atoms with Crippen molar-refractivity contribution in [2.24, 2.45) is 0 Å². The van der Waals surface area contributed by atoms with E-state index in [0.29, 0.717) is 16.5 Å². The summed E-state index contributed by atoms with van der Waals surface area (Å²) in [5.74, 6) is 1.43. The lowest BCUT2D eigenvalue weighted by molar-refractivity contribution is 0.481. The molecule has 0 bridgehead atoms. The fourth-order valence-electron chi connectivity index (χ4n) is 1.46. The van der Waals surface area contributed by atoms with Gasteiger partial charge in [0.1, 0.15) is 11.5 Å². The summed E-state index contributed by atoms with van der Waals surface area (Å²) in [4.78, 5) is 0. The SMILES string of the molecule is Cc1cc(Cl)ccc1Oc1ccc(I)cc1N. The van der Waals surface area contributed by atoms with Gasteiger partial charge in [-0.15, -0.1) is 0 Å². The molecule has 0 spiro atoms. The van der Waals surface area contributed by atoms with E-state index in [1.807, 2.05) is 37.3 Å². The van der Waals surface area contributed by atoms with Gasteiger partial charge in [-0.3, -0.25) is 0 Å². The molecule has 2 rings (SSSR count). The van der Waals surface area contributed by atoms with Crippen LogP contribution in [-0.2, 0) is 0 Å². The summed E-state index contributed by atoms with van der Waals surface area (Å²) in [6, 6.07) is 11.2. The van der Waals surface area contributed by atoms with Crippen LogP contribution in [0.2, 0.25) is 5.02 Å². The molecule has 2 N–H and O–H groups in total. The molecule has 2 aromatic rings. The minimum atomic E-state index is 0.631. The standard InChI is InChI=1S/C13H11ClINO/c1-8-6-9(14)2-4-12(8)17-13-5-3-10(15)7-11(13)16/h2-7H,16H2,1H3. The summed E-state index contributed by atoms with van der Waals surface area (Å²) in [5, 5.41) is 0.699. The third-order valence-electron chi connectivity index (χ3n) is 2.33. The highest BCUT2D eigenvalue weighted by molar-refractivity contribution is 14.1. The highest BCUT2D eigenvalue weighted by atomic mass is 127. The predicted molar refractivity (Wildman–Crippen MR) is 79.8 cm³/mol. The second kappa shape index (κ2) is 5.14. The van der Waals surface area contributed by atoms with Crippen molar-refractivity contribution < 1.29 is 4.74 Å². The van der Waals surface area contributed by atoms with Crippen LogP contribution in [-0.4, -0.2) is 0 Å². The van der Waals surface area contributed by atoms with Crippen molar-refractivity contribution in [3.05, 3.63) is 50.6 Å². The molecule has 0 heterocycles. The van der Waals surface area contributed by atoms with Crippen molar-refractivity contribution in [1.82, 2.24) is 0 Å². The Morgan fingerprint density at radius 3 is 2.47 bits per heavy atom. The number of nitrogens with two attached hydrogens (primary N) is 1. The Morgan fingerprint density at radius 2 is 1.82 bits per heavy atom. The van der Waals surface area contributed by atoms with E-state index in [9.17, 15) is 0 Å². The zero-order valence-corrected chi connectivity index (χ0v) is 12.1. The number of aryl methyl sites for hydroxylation is 1. The molecule has 0 unspecified atom stereocenters. The van der Waals surface area contributed by atoms with E-state index in [-0.39, 0.29) is 0 Å². The number of hydrogen-bond donors (Lipinski definition) is 1. The Hall–Kier alpha value is -0.940. The Labute approximate surface area is 119 Å². The van der Waals surface area contributed by atoms with E-state index in [0.717, 1.165) is 14.9 Å². The van der Waals surface area contributed by atoms with Gasteiger partial charge >= 0.3 is 0 Å². The van der Waals surface area contributed by atoms with Crippen molar-refractivity contribution in [2.45, 2.75) is 6.92 Å². The Kier molecular flexibility index (Phi) is 3.79. The summed E-state index contributed by atoms with van der Waals surface area (Å²) >= 11 is 8.10. The smallest absolute Gasteiger partial charge is 0.150 e. The van der Waals surface area contributed by atoms with Gasteiger partial charge in [0.15, 0.2) is 0 Å². The molecule has 2 aromatic carbocycles. The first-order valence-electron chi connectivity index (χ1n) is 5.05. The number of halogens is 2. The third kappa shape index (κ3) is 3.04. The molecule has 0 aliphatic carbocycles. The van der Waals surface area contributed by atoms with Crippen LogP contribution in [0.4, 0.5) is 5.69 Å². The van der Waals surface area contributed by atoms with Crippen molar-refractivity contribution >= 4 is 39.9 Å². The van der Waals surface area contributed by atoms with Gasteiger partial charge in [-0.2, -0.15) is 0 Å². The van der Waals surface area contributed by atoms with Crippen molar-refractivity contribution in [1.29, 1.82) is 0 Å². The Balaban J connectivity index is 2.31. The average Bonchev–Trinajstić information content (AvgIpc) is 2.25. The van der Waals surface area contributed by atoms with Gasteiger partial charge in [0, 0.05) is 8.59 Å². The fourth-order valence-corrected chi connectivity index (χ4v) is 2.20. The molecule has 0 aliphatic rings. The third-order valence-corrected chi connectivity index (χ3v) is 3.23. The number of benzene rings is 2. The summed E-state index contributed by atoms with van der Waals surface area (Å²) in [6.45, 7) is 1.95. The Bertz CT molecular complexity index is 508. The molecule has 0 saturated heterocycles. The highest BCUT2D eigenvalue weighted by Gasteiger charge is 2.05. The van der Waals surface area contributed by atoms with Crippen LogP contribution >= 0.6 is 34.2 Å². The largest absolute Gasteiger partial charge is 0.455 e. The van der Waals surface area contributed by atoms with E-state index >= 15 is 0 Å². The Morgan fingerprint density at radius 1 is 1.12 bits per heavy atom. The molecule has 88 valence electrons. The summed E-state index contributed by atoms with van der Waals surface area (Å²) in [6.07, 6.45) is 0. The van der Waals surface area contributed by atoms with Crippen LogP contribution < -0.4 is 10.5 Å². The molecule has 0 atom stereocenters. The minimum absolute atomic E-state index is 0.631. The lowest BCUT2D eigenvalue weighted by Gasteiger charge is -2.11. The maximum Gasteiger partial charge on any atom is 0.150 e. The maximum atomic E-state index is 5.89. The molecule has 0 aliphatic heterocycles. The fraction of sp³-hybridized carbons (Fsp3) is 0.0769. The quantitative estimate of drug-likeness (QED) is 0.627. The average molecular weight is 360 g/mol. The molecule has 0 fully saturated rings. The molecular formula is C13H11ClINO. The molecule has 0 amide bonds. The number of nitrogen functional groups attached to an aromatic ring is 1. The molecule has 0 saturated carbocycles. The molecule has 0 radical (unpaired) electrons. The topological polar surface area (TPSA) is 35.2 Å². The summed E-state index contributed by atoms with van der Waals surface area (Å²) in [5.41, 5.74) is 7.51. The molecule has 4 heteroatoms. The summed E-state index contributed by atoms with van der Waals surface area (Å²) < 4.78 is 6.85. The lowest BCUT2D eigenvalue weighted by Crippen LogP contribution is -1.93. The van der Waals surface area contributed by atoms with E-state index < -0.39 is 0 Å². The first-order chi connectivity index (χ1) is 8.06. The number of anilines is 1. The van der Waals surface area contributed by atoms with E-state index in [2.05, 4.69) is 22.6 Å². The van der Waals surface area contributed by atoms with Gasteiger partial charge in [-0.25, -0.2) is 0 Å².